The molecule has 6 heteroatoms. The first-order valence-electron chi connectivity index (χ1n) is 9.43. The fraction of sp³-hybridized carbons (Fsp3) is 0.571. The molecule has 0 bridgehead atoms. The minimum atomic E-state index is -0.462. The van der Waals surface area contributed by atoms with Gasteiger partial charge >= 0.3 is 11.9 Å². The molecule has 1 aromatic rings. The van der Waals surface area contributed by atoms with Gasteiger partial charge in [0, 0.05) is 38.0 Å². The number of hydrogen-bond acceptors (Lipinski definition) is 6. The molecule has 27 heavy (non-hydrogen) atoms. The summed E-state index contributed by atoms with van der Waals surface area (Å²) in [5.74, 6) is 0.144. The molecule has 1 fully saturated rings. The molecular formula is C21H28O6. The molecule has 0 heterocycles. The lowest BCUT2D eigenvalue weighted by atomic mass is 9.70. The molecule has 0 unspecified atom stereocenters. The van der Waals surface area contributed by atoms with Crippen LogP contribution in [0.25, 0.3) is 0 Å². The van der Waals surface area contributed by atoms with E-state index in [0.717, 1.165) is 38.4 Å². The first kappa shape index (κ1) is 20.9. The van der Waals surface area contributed by atoms with Crippen LogP contribution in [-0.4, -0.2) is 24.8 Å². The van der Waals surface area contributed by atoms with E-state index in [1.54, 1.807) is 19.1 Å². The van der Waals surface area contributed by atoms with E-state index < -0.39 is 11.9 Å². The van der Waals surface area contributed by atoms with Crippen molar-refractivity contribution in [1.82, 2.24) is 0 Å². The highest BCUT2D eigenvalue weighted by molar-refractivity contribution is 5.73. The molecule has 0 radical (unpaired) electrons. The molecular weight excluding hydrogens is 348 g/mol. The summed E-state index contributed by atoms with van der Waals surface area (Å²) in [6, 6.07) is 3.24. The second-order valence-electron chi connectivity index (χ2n) is 7.26. The molecule has 148 valence electrons. The smallest absolute Gasteiger partial charge is 0.308 e. The van der Waals surface area contributed by atoms with E-state index in [9.17, 15) is 14.4 Å². The standard InChI is InChI=1S/C21H28O6/c1-15-19(26-16(2)23)13-18(14-20(15)27-17(3)24)25-12-10-21(9-11-22)7-5-4-6-8-21/h11,13-14H,4-10,12H2,1-3H3. The first-order chi connectivity index (χ1) is 12.8. The van der Waals surface area contributed by atoms with Gasteiger partial charge in [0.25, 0.3) is 0 Å². The van der Waals surface area contributed by atoms with E-state index in [4.69, 9.17) is 14.2 Å². The van der Waals surface area contributed by atoms with Crippen LogP contribution in [0.1, 0.15) is 64.4 Å². The van der Waals surface area contributed by atoms with E-state index in [-0.39, 0.29) is 5.41 Å². The highest BCUT2D eigenvalue weighted by atomic mass is 16.5. The van der Waals surface area contributed by atoms with Crippen LogP contribution >= 0.6 is 0 Å². The molecule has 0 atom stereocenters. The van der Waals surface area contributed by atoms with Crippen molar-refractivity contribution < 1.29 is 28.6 Å². The molecule has 0 saturated heterocycles. The van der Waals surface area contributed by atoms with Crippen molar-refractivity contribution >= 4 is 18.2 Å². The summed E-state index contributed by atoms with van der Waals surface area (Å²) >= 11 is 0. The molecule has 1 aromatic carbocycles. The predicted octanol–water partition coefficient (Wildman–Crippen LogP) is 4.15. The second kappa shape index (κ2) is 9.53. The van der Waals surface area contributed by atoms with E-state index in [1.807, 2.05) is 0 Å². The van der Waals surface area contributed by atoms with Gasteiger partial charge in [-0.25, -0.2) is 0 Å². The maximum Gasteiger partial charge on any atom is 0.308 e. The Morgan fingerprint density at radius 3 is 2.07 bits per heavy atom. The summed E-state index contributed by atoms with van der Waals surface area (Å²) in [7, 11) is 0. The van der Waals surface area contributed by atoms with Gasteiger partial charge in [-0.15, -0.1) is 0 Å². The number of benzene rings is 1. The summed E-state index contributed by atoms with van der Waals surface area (Å²) in [4.78, 5) is 33.8. The van der Waals surface area contributed by atoms with Gasteiger partial charge in [0.05, 0.1) is 6.61 Å². The van der Waals surface area contributed by atoms with Crippen molar-refractivity contribution in [3.05, 3.63) is 17.7 Å². The van der Waals surface area contributed by atoms with Crippen LogP contribution < -0.4 is 14.2 Å². The summed E-state index contributed by atoms with van der Waals surface area (Å²) < 4.78 is 16.3. The molecule has 1 saturated carbocycles. The summed E-state index contributed by atoms with van der Waals surface area (Å²) in [5, 5.41) is 0. The molecule has 2 rings (SSSR count). The zero-order valence-electron chi connectivity index (χ0n) is 16.3. The molecule has 0 aromatic heterocycles. The van der Waals surface area contributed by atoms with Gasteiger partial charge < -0.3 is 19.0 Å². The van der Waals surface area contributed by atoms with Crippen molar-refractivity contribution in [2.24, 2.45) is 5.41 Å². The second-order valence-corrected chi connectivity index (χ2v) is 7.26. The minimum Gasteiger partial charge on any atom is -0.493 e. The average Bonchev–Trinajstić information content (AvgIpc) is 2.59. The lowest BCUT2D eigenvalue weighted by Crippen LogP contribution is -2.27. The summed E-state index contributed by atoms with van der Waals surface area (Å²) in [5.41, 5.74) is 0.569. The van der Waals surface area contributed by atoms with E-state index >= 15 is 0 Å². The van der Waals surface area contributed by atoms with Crippen molar-refractivity contribution in [2.45, 2.75) is 65.7 Å². The Balaban J connectivity index is 2.12. The zero-order chi connectivity index (χ0) is 19.9. The zero-order valence-corrected chi connectivity index (χ0v) is 16.3. The lowest BCUT2D eigenvalue weighted by molar-refractivity contribution is -0.132. The van der Waals surface area contributed by atoms with Crippen LogP contribution in [-0.2, 0) is 14.4 Å². The molecule has 0 N–H and O–H groups in total. The Labute approximate surface area is 160 Å². The van der Waals surface area contributed by atoms with Gasteiger partial charge in [0.15, 0.2) is 0 Å². The SMILES string of the molecule is CC(=O)Oc1cc(OCCC2(CC=O)CCCCC2)cc(OC(C)=O)c1C. The van der Waals surface area contributed by atoms with Crippen LogP contribution in [0.4, 0.5) is 0 Å². The maximum absolute atomic E-state index is 11.3. The van der Waals surface area contributed by atoms with Crippen molar-refractivity contribution in [2.75, 3.05) is 6.61 Å². The molecule has 0 spiro atoms. The highest BCUT2D eigenvalue weighted by Gasteiger charge is 2.31. The Bertz CT molecular complexity index is 651. The summed E-state index contributed by atoms with van der Waals surface area (Å²) in [6.45, 7) is 4.77. The molecule has 0 aliphatic heterocycles. The number of rotatable bonds is 8. The van der Waals surface area contributed by atoms with Gasteiger partial charge in [-0.3, -0.25) is 9.59 Å². The van der Waals surface area contributed by atoms with Crippen LogP contribution in [0.2, 0.25) is 0 Å². The van der Waals surface area contributed by atoms with E-state index in [2.05, 4.69) is 0 Å². The number of carbonyl (C=O) groups is 3. The average molecular weight is 376 g/mol. The van der Waals surface area contributed by atoms with Gasteiger partial charge in [0.1, 0.15) is 23.5 Å². The van der Waals surface area contributed by atoms with Crippen molar-refractivity contribution in [3.8, 4) is 17.2 Å². The molecule has 0 amide bonds. The van der Waals surface area contributed by atoms with Crippen LogP contribution in [0.15, 0.2) is 12.1 Å². The quantitative estimate of drug-likeness (QED) is 0.385. The Kier molecular flexibility index (Phi) is 7.39. The van der Waals surface area contributed by atoms with E-state index in [1.165, 1.54) is 20.3 Å². The highest BCUT2D eigenvalue weighted by Crippen LogP contribution is 2.42. The Morgan fingerprint density at radius 1 is 1.04 bits per heavy atom. The lowest BCUT2D eigenvalue weighted by Gasteiger charge is -2.35. The van der Waals surface area contributed by atoms with Gasteiger partial charge in [-0.1, -0.05) is 19.3 Å². The Morgan fingerprint density at radius 2 is 1.59 bits per heavy atom. The monoisotopic (exact) mass is 376 g/mol. The normalized spacial score (nSPS) is 15.7. The fourth-order valence-corrected chi connectivity index (χ4v) is 3.66. The molecule has 1 aliphatic rings. The minimum absolute atomic E-state index is 0.0160. The molecule has 1 aliphatic carbocycles. The number of ether oxygens (including phenoxy) is 3. The van der Waals surface area contributed by atoms with Gasteiger partial charge in [-0.05, 0) is 31.6 Å². The molecule has 6 nitrogen and oxygen atoms in total. The van der Waals surface area contributed by atoms with Crippen molar-refractivity contribution in [1.29, 1.82) is 0 Å². The number of carbonyl (C=O) groups excluding carboxylic acids is 3. The fourth-order valence-electron chi connectivity index (χ4n) is 3.66. The van der Waals surface area contributed by atoms with Crippen molar-refractivity contribution in [3.63, 3.8) is 0 Å². The van der Waals surface area contributed by atoms with Crippen LogP contribution in [0.5, 0.6) is 17.2 Å². The van der Waals surface area contributed by atoms with Crippen LogP contribution in [0.3, 0.4) is 0 Å². The van der Waals surface area contributed by atoms with Gasteiger partial charge in [0.2, 0.25) is 0 Å². The first-order valence-corrected chi connectivity index (χ1v) is 9.43. The topological polar surface area (TPSA) is 78.9 Å². The van der Waals surface area contributed by atoms with Crippen LogP contribution in [0, 0.1) is 12.3 Å². The number of esters is 2. The third kappa shape index (κ3) is 6.08. The summed E-state index contributed by atoms with van der Waals surface area (Å²) in [6.07, 6.45) is 7.94. The largest absolute Gasteiger partial charge is 0.493 e. The third-order valence-electron chi connectivity index (χ3n) is 5.12. The van der Waals surface area contributed by atoms with Gasteiger partial charge in [-0.2, -0.15) is 0 Å². The Hall–Kier alpha value is -2.37. The third-order valence-corrected chi connectivity index (χ3v) is 5.12. The predicted molar refractivity (Wildman–Crippen MR) is 100 cm³/mol. The van der Waals surface area contributed by atoms with E-state index in [0.29, 0.717) is 35.8 Å². The maximum atomic E-state index is 11.3. The number of hydrogen-bond donors (Lipinski definition) is 0. The number of aldehydes is 1.